The fourth-order valence-corrected chi connectivity index (χ4v) is 1.05. The predicted molar refractivity (Wildman–Crippen MR) is 61.0 cm³/mol. The second-order valence-electron chi connectivity index (χ2n) is 2.59. The maximum atomic E-state index is 10.9. The van der Waals surface area contributed by atoms with E-state index in [4.69, 9.17) is 0 Å². The third kappa shape index (κ3) is 2.34. The molecule has 0 radical (unpaired) electrons. The summed E-state index contributed by atoms with van der Waals surface area (Å²) in [6, 6.07) is 0. The van der Waals surface area contributed by atoms with Crippen LogP contribution in [0.25, 0.3) is 0 Å². The van der Waals surface area contributed by atoms with Crippen LogP contribution in [0.5, 0.6) is 0 Å². The Labute approximate surface area is 84.0 Å². The molecule has 0 aliphatic carbocycles. The predicted octanol–water partition coefficient (Wildman–Crippen LogP) is 1.17. The minimum atomic E-state index is -0.420. The lowest BCUT2D eigenvalue weighted by Crippen LogP contribution is -2.36. The van der Waals surface area contributed by atoms with Gasteiger partial charge in [-0.2, -0.15) is 0 Å². The maximum absolute atomic E-state index is 10.9. The first-order valence-corrected chi connectivity index (χ1v) is 4.97. The fourth-order valence-electron chi connectivity index (χ4n) is 1.05. The summed E-state index contributed by atoms with van der Waals surface area (Å²) in [6.45, 7) is 6.72. The molecule has 80 valence electrons. The van der Waals surface area contributed by atoms with Gasteiger partial charge in [-0.05, 0) is 6.42 Å². The Morgan fingerprint density at radius 2 is 1.57 bits per heavy atom. The van der Waals surface area contributed by atoms with Crippen LogP contribution in [-0.4, -0.2) is 13.6 Å². The van der Waals surface area contributed by atoms with Crippen molar-refractivity contribution in [1.82, 2.24) is 0 Å². The van der Waals surface area contributed by atoms with Crippen LogP contribution in [0.15, 0.2) is 9.59 Å². The number of hydrogen-bond acceptors (Lipinski definition) is 4. The van der Waals surface area contributed by atoms with Crippen LogP contribution in [0, 0.1) is 0 Å². The highest BCUT2D eigenvalue weighted by atomic mass is 16.2. The quantitative estimate of drug-likeness (QED) is 0.713. The lowest BCUT2D eigenvalue weighted by molar-refractivity contribution is 0.974. The first-order chi connectivity index (χ1) is 6.72. The van der Waals surface area contributed by atoms with E-state index in [0.717, 1.165) is 13.0 Å². The smallest absolute Gasteiger partial charge is 0.253 e. The van der Waals surface area contributed by atoms with Gasteiger partial charge in [0.05, 0.1) is 0 Å². The van der Waals surface area contributed by atoms with Crippen molar-refractivity contribution in [2.24, 2.45) is 0 Å². The van der Waals surface area contributed by atoms with Crippen molar-refractivity contribution >= 4 is 11.4 Å². The van der Waals surface area contributed by atoms with E-state index in [2.05, 4.69) is 10.6 Å². The van der Waals surface area contributed by atoms with Gasteiger partial charge in [0, 0.05) is 13.6 Å². The zero-order chi connectivity index (χ0) is 11.1. The molecule has 0 bridgehead atoms. The van der Waals surface area contributed by atoms with E-state index >= 15 is 0 Å². The Kier molecular flexibility index (Phi) is 5.60. The zero-order valence-corrected chi connectivity index (χ0v) is 9.23. The summed E-state index contributed by atoms with van der Waals surface area (Å²) in [6.07, 6.45) is 0.933. The number of nitrogens with one attached hydrogen (secondary N) is 2. The van der Waals surface area contributed by atoms with Crippen molar-refractivity contribution < 1.29 is 0 Å². The molecular formula is C10H18N2O2. The third-order valence-electron chi connectivity index (χ3n) is 1.71. The second kappa shape index (κ2) is 6.18. The maximum Gasteiger partial charge on any atom is 0.253 e. The fraction of sp³-hybridized carbons (Fsp3) is 0.600. The average molecular weight is 198 g/mol. The van der Waals surface area contributed by atoms with Gasteiger partial charge in [0.15, 0.2) is 0 Å². The molecule has 0 heterocycles. The Bertz CT molecular complexity index is 338. The van der Waals surface area contributed by atoms with Gasteiger partial charge in [-0.15, -0.1) is 0 Å². The third-order valence-corrected chi connectivity index (χ3v) is 1.71. The molecule has 0 aromatic heterocycles. The average Bonchev–Trinajstić information content (AvgIpc) is 2.25. The van der Waals surface area contributed by atoms with E-state index in [1.807, 2.05) is 20.8 Å². The van der Waals surface area contributed by atoms with Gasteiger partial charge < -0.3 is 10.6 Å². The summed E-state index contributed by atoms with van der Waals surface area (Å²) in [5.41, 5.74) is 0.0155. The standard InChI is InChI=1S/C8H12N2O2.C2H6/c1-3-4-10-6-5(9-2)7(11)8(6)12;1-2/h9-10H,3-4H2,1-2H3;1-2H3. The van der Waals surface area contributed by atoms with E-state index in [9.17, 15) is 9.59 Å². The summed E-state index contributed by atoms with van der Waals surface area (Å²) in [7, 11) is 1.63. The molecule has 4 heteroatoms. The second-order valence-corrected chi connectivity index (χ2v) is 2.59. The molecule has 14 heavy (non-hydrogen) atoms. The first-order valence-electron chi connectivity index (χ1n) is 4.97. The highest BCUT2D eigenvalue weighted by molar-refractivity contribution is 5.73. The van der Waals surface area contributed by atoms with Gasteiger partial charge in [-0.25, -0.2) is 0 Å². The van der Waals surface area contributed by atoms with Crippen LogP contribution in [0.1, 0.15) is 27.2 Å². The number of rotatable bonds is 4. The zero-order valence-electron chi connectivity index (χ0n) is 9.23. The highest BCUT2D eigenvalue weighted by Crippen LogP contribution is 2.12. The van der Waals surface area contributed by atoms with E-state index < -0.39 is 10.9 Å². The van der Waals surface area contributed by atoms with Crippen LogP contribution in [0.3, 0.4) is 0 Å². The number of hydrogen-bond donors (Lipinski definition) is 2. The lowest BCUT2D eigenvalue weighted by Gasteiger charge is -2.10. The summed E-state index contributed by atoms with van der Waals surface area (Å²) in [5, 5.41) is 5.58. The molecule has 0 fully saturated rings. The Morgan fingerprint density at radius 1 is 1.07 bits per heavy atom. The molecule has 0 spiro atoms. The van der Waals surface area contributed by atoms with E-state index in [-0.39, 0.29) is 0 Å². The van der Waals surface area contributed by atoms with Crippen molar-refractivity contribution in [1.29, 1.82) is 0 Å². The SMILES string of the molecule is CC.CCCNc1c(NC)c(=O)c1=O. The van der Waals surface area contributed by atoms with Gasteiger partial charge in [0.25, 0.3) is 10.9 Å². The molecule has 0 amide bonds. The highest BCUT2D eigenvalue weighted by Gasteiger charge is 2.18. The van der Waals surface area contributed by atoms with Crippen LogP contribution in [0.4, 0.5) is 11.4 Å². The van der Waals surface area contributed by atoms with Crippen LogP contribution >= 0.6 is 0 Å². The summed E-state index contributed by atoms with van der Waals surface area (Å²) >= 11 is 0. The minimum Gasteiger partial charge on any atom is -0.383 e. The lowest BCUT2D eigenvalue weighted by atomic mass is 10.2. The molecule has 0 saturated carbocycles. The molecule has 0 atom stereocenters. The van der Waals surface area contributed by atoms with Crippen molar-refractivity contribution in [2.75, 3.05) is 24.2 Å². The van der Waals surface area contributed by atoms with Gasteiger partial charge in [0.1, 0.15) is 11.4 Å². The molecule has 1 aromatic carbocycles. The van der Waals surface area contributed by atoms with E-state index in [1.54, 1.807) is 7.05 Å². The molecule has 0 aliphatic rings. The Morgan fingerprint density at radius 3 is 2.00 bits per heavy atom. The van der Waals surface area contributed by atoms with Crippen LogP contribution < -0.4 is 21.5 Å². The topological polar surface area (TPSA) is 58.2 Å². The Balaban J connectivity index is 0.000000791. The molecular weight excluding hydrogens is 180 g/mol. The molecule has 0 unspecified atom stereocenters. The molecule has 1 rings (SSSR count). The minimum absolute atomic E-state index is 0.409. The summed E-state index contributed by atoms with van der Waals surface area (Å²) in [4.78, 5) is 21.8. The molecule has 2 N–H and O–H groups in total. The van der Waals surface area contributed by atoms with Gasteiger partial charge in [-0.1, -0.05) is 20.8 Å². The summed E-state index contributed by atoms with van der Waals surface area (Å²) in [5.74, 6) is 0. The van der Waals surface area contributed by atoms with Gasteiger partial charge >= 0.3 is 0 Å². The van der Waals surface area contributed by atoms with Crippen molar-refractivity contribution in [3.8, 4) is 0 Å². The molecule has 0 aliphatic heterocycles. The van der Waals surface area contributed by atoms with Gasteiger partial charge in [-0.3, -0.25) is 9.59 Å². The van der Waals surface area contributed by atoms with E-state index in [0.29, 0.717) is 11.4 Å². The molecule has 1 aromatic rings. The monoisotopic (exact) mass is 198 g/mol. The van der Waals surface area contributed by atoms with Crippen LogP contribution in [0.2, 0.25) is 0 Å². The first kappa shape index (κ1) is 12.7. The summed E-state index contributed by atoms with van der Waals surface area (Å²) < 4.78 is 0. The van der Waals surface area contributed by atoms with Gasteiger partial charge in [0.2, 0.25) is 0 Å². The Hall–Kier alpha value is -1.32. The van der Waals surface area contributed by atoms with Crippen molar-refractivity contribution in [3.05, 3.63) is 20.4 Å². The normalized spacial score (nSPS) is 9.14. The largest absolute Gasteiger partial charge is 0.383 e. The number of anilines is 2. The molecule has 0 saturated heterocycles. The van der Waals surface area contributed by atoms with Crippen molar-refractivity contribution in [3.63, 3.8) is 0 Å². The van der Waals surface area contributed by atoms with Crippen molar-refractivity contribution in [2.45, 2.75) is 27.2 Å². The molecule has 4 nitrogen and oxygen atoms in total. The van der Waals surface area contributed by atoms with E-state index in [1.165, 1.54) is 0 Å². The van der Waals surface area contributed by atoms with Crippen LogP contribution in [-0.2, 0) is 0 Å².